The fraction of sp³-hybridized carbons (Fsp3) is 0.529. The Labute approximate surface area is 285 Å². The van der Waals surface area contributed by atoms with Crippen LogP contribution < -0.4 is 10.6 Å². The van der Waals surface area contributed by atoms with Crippen molar-refractivity contribution in [2.24, 2.45) is 4.99 Å². The van der Waals surface area contributed by atoms with Crippen LogP contribution in [0.4, 0.5) is 4.79 Å². The summed E-state index contributed by atoms with van der Waals surface area (Å²) in [6.07, 6.45) is 2.54. The summed E-state index contributed by atoms with van der Waals surface area (Å²) in [5, 5.41) is 16.1. The number of alkyl carbamates (subject to hydrolysis) is 1. The van der Waals surface area contributed by atoms with E-state index in [-0.39, 0.29) is 12.3 Å². The van der Waals surface area contributed by atoms with E-state index in [2.05, 4.69) is 34.7 Å². The van der Waals surface area contributed by atoms with E-state index in [4.69, 9.17) is 26.1 Å². The molecule has 0 fully saturated rings. The minimum absolute atomic E-state index is 0.0781. The maximum absolute atomic E-state index is 13.3. The van der Waals surface area contributed by atoms with E-state index in [1.807, 2.05) is 42.7 Å². The number of aliphatic imine (C=N–C) groups is 1. The van der Waals surface area contributed by atoms with Gasteiger partial charge >= 0.3 is 12.1 Å². The number of aromatic nitrogens is 3. The predicted octanol–water partition coefficient (Wildman–Crippen LogP) is 6.71. The molecule has 0 bridgehead atoms. The highest BCUT2D eigenvalue weighted by atomic mass is 35.5. The lowest BCUT2D eigenvalue weighted by Gasteiger charge is -2.23. The van der Waals surface area contributed by atoms with Crippen molar-refractivity contribution in [1.82, 2.24) is 25.4 Å². The topological polar surface area (TPSA) is 137 Å². The number of fused-ring (bicyclic) bond motifs is 3. The first-order valence-electron chi connectivity index (χ1n) is 16.1. The molecular weight excluding hydrogens is 640 g/mol. The molecular formula is C34H45ClN6O5S. The van der Waals surface area contributed by atoms with Crippen molar-refractivity contribution in [2.75, 3.05) is 13.2 Å². The van der Waals surface area contributed by atoms with E-state index in [0.717, 1.165) is 46.1 Å². The Morgan fingerprint density at radius 2 is 1.79 bits per heavy atom. The average molecular weight is 685 g/mol. The number of hydrogen-bond acceptors (Lipinski definition) is 9. The number of amides is 2. The van der Waals surface area contributed by atoms with E-state index < -0.39 is 29.7 Å². The summed E-state index contributed by atoms with van der Waals surface area (Å²) >= 11 is 7.86. The monoisotopic (exact) mass is 684 g/mol. The van der Waals surface area contributed by atoms with E-state index in [9.17, 15) is 14.4 Å². The summed E-state index contributed by atoms with van der Waals surface area (Å²) in [6.45, 7) is 14.0. The molecule has 3 aromatic rings. The number of ether oxygens (including phenoxy) is 2. The van der Waals surface area contributed by atoms with Gasteiger partial charge in [0.1, 0.15) is 28.5 Å². The lowest BCUT2D eigenvalue weighted by molar-refractivity contribution is -0.146. The van der Waals surface area contributed by atoms with Crippen molar-refractivity contribution >= 4 is 46.6 Å². The number of nitrogens with zero attached hydrogens (tertiary/aromatic N) is 4. The van der Waals surface area contributed by atoms with E-state index >= 15 is 0 Å². The summed E-state index contributed by atoms with van der Waals surface area (Å²) in [7, 11) is 0. The second kappa shape index (κ2) is 15.9. The van der Waals surface area contributed by atoms with Crippen LogP contribution in [0.15, 0.2) is 29.3 Å². The molecule has 1 unspecified atom stereocenters. The van der Waals surface area contributed by atoms with E-state index in [1.54, 1.807) is 32.1 Å². The number of halogens is 1. The molecule has 0 radical (unpaired) electrons. The van der Waals surface area contributed by atoms with E-state index in [1.165, 1.54) is 4.88 Å². The van der Waals surface area contributed by atoms with Crippen LogP contribution in [-0.4, -0.2) is 63.2 Å². The van der Waals surface area contributed by atoms with Gasteiger partial charge in [0.15, 0.2) is 5.82 Å². The number of nitrogens with one attached hydrogen (secondary N) is 2. The van der Waals surface area contributed by atoms with Crippen LogP contribution in [0.1, 0.15) is 105 Å². The molecule has 3 heterocycles. The van der Waals surface area contributed by atoms with Gasteiger partial charge in [-0.2, -0.15) is 0 Å². The van der Waals surface area contributed by atoms with Crippen molar-refractivity contribution in [1.29, 1.82) is 0 Å². The minimum atomic E-state index is -0.841. The Hall–Kier alpha value is -3.77. The molecule has 11 nitrogen and oxygen atoms in total. The highest BCUT2D eigenvalue weighted by molar-refractivity contribution is 7.15. The quantitative estimate of drug-likeness (QED) is 0.151. The predicted molar refractivity (Wildman–Crippen MR) is 184 cm³/mol. The second-order valence-corrected chi connectivity index (χ2v) is 14.3. The van der Waals surface area contributed by atoms with Crippen LogP contribution in [0.3, 0.4) is 0 Å². The highest BCUT2D eigenvalue weighted by Gasteiger charge is 2.32. The third kappa shape index (κ3) is 9.41. The van der Waals surface area contributed by atoms with Gasteiger partial charge in [0.25, 0.3) is 0 Å². The average Bonchev–Trinajstić information content (AvgIpc) is 3.47. The zero-order chi connectivity index (χ0) is 34.3. The Morgan fingerprint density at radius 1 is 1.06 bits per heavy atom. The number of hydrogen-bond donors (Lipinski definition) is 2. The number of thiophene rings is 1. The Balaban J connectivity index is 1.43. The molecule has 47 heavy (non-hydrogen) atoms. The number of carbonyl (C=O) groups is 3. The third-order valence-corrected chi connectivity index (χ3v) is 9.14. The number of aryl methyl sites for hydroxylation is 2. The van der Waals surface area contributed by atoms with Crippen molar-refractivity contribution in [3.05, 3.63) is 62.5 Å². The highest BCUT2D eigenvalue weighted by Crippen LogP contribution is 2.39. The van der Waals surface area contributed by atoms with Gasteiger partial charge in [-0.15, -0.1) is 21.5 Å². The summed E-state index contributed by atoms with van der Waals surface area (Å²) in [4.78, 5) is 44.7. The normalized spacial score (nSPS) is 14.7. The molecule has 0 aliphatic carbocycles. The maximum atomic E-state index is 13.3. The molecule has 1 aliphatic rings. The van der Waals surface area contributed by atoms with Gasteiger partial charge in [-0.25, -0.2) is 9.59 Å². The summed E-state index contributed by atoms with van der Waals surface area (Å²) in [5.41, 5.74) is 3.12. The van der Waals surface area contributed by atoms with E-state index in [0.29, 0.717) is 43.3 Å². The first kappa shape index (κ1) is 36.1. The summed E-state index contributed by atoms with van der Waals surface area (Å²) in [6, 6.07) is 6.15. The lowest BCUT2D eigenvalue weighted by Crippen LogP contribution is -2.44. The van der Waals surface area contributed by atoms with Crippen LogP contribution in [0.25, 0.3) is 5.00 Å². The number of carbonyl (C=O) groups excluding carboxylic acids is 3. The maximum Gasteiger partial charge on any atom is 0.408 e. The molecule has 1 aromatic carbocycles. The molecule has 2 aromatic heterocycles. The molecule has 4 rings (SSSR count). The molecule has 1 aliphatic heterocycles. The first-order chi connectivity index (χ1) is 22.3. The third-order valence-electron chi connectivity index (χ3n) is 7.70. The number of rotatable bonds is 13. The van der Waals surface area contributed by atoms with Gasteiger partial charge in [-0.05, 0) is 84.9 Å². The minimum Gasteiger partial charge on any atom is -0.464 e. The summed E-state index contributed by atoms with van der Waals surface area (Å²) < 4.78 is 12.7. The molecule has 0 spiro atoms. The zero-order valence-corrected chi connectivity index (χ0v) is 29.8. The lowest BCUT2D eigenvalue weighted by atomic mass is 9.99. The smallest absolute Gasteiger partial charge is 0.408 e. The van der Waals surface area contributed by atoms with Crippen LogP contribution in [-0.2, 0) is 19.1 Å². The van der Waals surface area contributed by atoms with Crippen LogP contribution in [0.5, 0.6) is 0 Å². The van der Waals surface area contributed by atoms with Crippen LogP contribution in [0.2, 0.25) is 5.02 Å². The molecule has 2 N–H and O–H groups in total. The van der Waals surface area contributed by atoms with Gasteiger partial charge in [0.05, 0.1) is 18.7 Å². The molecule has 0 saturated carbocycles. The zero-order valence-electron chi connectivity index (χ0n) is 28.2. The molecule has 2 atom stereocenters. The summed E-state index contributed by atoms with van der Waals surface area (Å²) in [5.74, 6) is 0.668. The number of benzene rings is 1. The molecule has 254 valence electrons. The van der Waals surface area contributed by atoms with Gasteiger partial charge in [-0.1, -0.05) is 37.1 Å². The fourth-order valence-corrected chi connectivity index (χ4v) is 6.54. The Morgan fingerprint density at radius 3 is 2.47 bits per heavy atom. The molecule has 2 amide bonds. The van der Waals surface area contributed by atoms with Crippen LogP contribution in [0, 0.1) is 20.8 Å². The van der Waals surface area contributed by atoms with Crippen molar-refractivity contribution in [2.45, 2.75) is 105 Å². The Kier molecular flexibility index (Phi) is 12.2. The largest absolute Gasteiger partial charge is 0.464 e. The molecule has 0 saturated heterocycles. The Bertz CT molecular complexity index is 1610. The second-order valence-electron chi connectivity index (χ2n) is 12.7. The van der Waals surface area contributed by atoms with Crippen molar-refractivity contribution in [3.8, 4) is 5.00 Å². The SMILES string of the molecule is CCCCOC(=O)C(CCCCNC(=O)C[C@@H]1N=C(c2ccc(Cl)cc2)c2c(sc(C)c2C)-n2c(C)nnc21)NC(=O)OC(C)(C)C. The standard InChI is InChI=1S/C34H45ClN6O5S/c1-8-9-18-45-32(43)25(38-33(44)46-34(5,6)7)12-10-11-17-36-27(42)19-26-30-40-39-22(4)41(30)31-28(20(2)21(3)47-31)29(37-26)23-13-15-24(35)16-14-23/h13-16,25-26H,8-12,17-19H2,1-7H3,(H,36,42)(H,38,44)/t25?,26-/m0/s1. The fourth-order valence-electron chi connectivity index (χ4n) is 5.20. The van der Waals surface area contributed by atoms with Gasteiger partial charge in [-0.3, -0.25) is 14.4 Å². The van der Waals surface area contributed by atoms with Gasteiger partial charge in [0.2, 0.25) is 5.91 Å². The van der Waals surface area contributed by atoms with Crippen molar-refractivity contribution < 1.29 is 23.9 Å². The number of esters is 1. The molecule has 13 heteroatoms. The number of unbranched alkanes of at least 4 members (excludes halogenated alkanes) is 2. The van der Waals surface area contributed by atoms with Crippen LogP contribution >= 0.6 is 22.9 Å². The van der Waals surface area contributed by atoms with Crippen molar-refractivity contribution in [3.63, 3.8) is 0 Å². The van der Waals surface area contributed by atoms with Gasteiger partial charge in [0, 0.05) is 27.6 Å². The van der Waals surface area contributed by atoms with Gasteiger partial charge < -0.3 is 20.1 Å². The first-order valence-corrected chi connectivity index (χ1v) is 17.3.